The number of alkyl halides is 3. The van der Waals surface area contributed by atoms with Crippen LogP contribution in [0.4, 0.5) is 13.2 Å². The Kier molecular flexibility index (Phi) is 5.95. The highest BCUT2D eigenvalue weighted by Crippen LogP contribution is 2.39. The van der Waals surface area contributed by atoms with Gasteiger partial charge in [-0.3, -0.25) is 0 Å². The van der Waals surface area contributed by atoms with Crippen molar-refractivity contribution in [3.05, 3.63) is 64.7 Å². The van der Waals surface area contributed by atoms with Gasteiger partial charge in [0, 0.05) is 29.7 Å². The first-order valence-corrected chi connectivity index (χ1v) is 11.4. The standard InChI is InChI=1S/C19H15F3N4O4S2/c20-19(21,22)13-1-4-16(12(9-13)11-23)30-17-5-7-29-18-10-14(2-3-15(17)18)32(27,28)25-26-24-6-8-31-26/h1-4,6,8-10,17,24-25H,5,7H2/t17-/m1/s1. The first kappa shape index (κ1) is 22.3. The molecule has 0 spiro atoms. The molecule has 0 saturated carbocycles. The summed E-state index contributed by atoms with van der Waals surface area (Å²) in [5.74, 6) is 0.274. The van der Waals surface area contributed by atoms with E-state index in [4.69, 9.17) is 9.47 Å². The van der Waals surface area contributed by atoms with Gasteiger partial charge in [-0.2, -0.15) is 18.4 Å². The molecule has 0 fully saturated rings. The summed E-state index contributed by atoms with van der Waals surface area (Å²) in [7, 11) is -3.90. The lowest BCUT2D eigenvalue weighted by Gasteiger charge is -2.27. The second-order valence-electron chi connectivity index (χ2n) is 6.69. The van der Waals surface area contributed by atoms with Crippen LogP contribution in [-0.2, 0) is 16.2 Å². The maximum atomic E-state index is 12.9. The van der Waals surface area contributed by atoms with Gasteiger partial charge in [0.1, 0.15) is 23.7 Å². The quantitative estimate of drug-likeness (QED) is 0.621. The van der Waals surface area contributed by atoms with Crippen LogP contribution in [0.5, 0.6) is 11.5 Å². The molecule has 2 aliphatic heterocycles. The van der Waals surface area contributed by atoms with E-state index in [0.29, 0.717) is 12.0 Å². The predicted molar refractivity (Wildman–Crippen MR) is 108 cm³/mol. The third-order valence-corrected chi connectivity index (χ3v) is 6.68. The molecule has 0 saturated heterocycles. The third kappa shape index (κ3) is 4.63. The first-order chi connectivity index (χ1) is 15.2. The molecule has 2 aromatic rings. The summed E-state index contributed by atoms with van der Waals surface area (Å²) in [5.41, 5.74) is 2.01. The fourth-order valence-electron chi connectivity index (χ4n) is 3.11. The van der Waals surface area contributed by atoms with Crippen molar-refractivity contribution in [3.8, 4) is 17.6 Å². The number of hydrogen-bond acceptors (Lipinski definition) is 8. The van der Waals surface area contributed by atoms with Gasteiger partial charge in [0.05, 0.1) is 22.6 Å². The first-order valence-electron chi connectivity index (χ1n) is 9.13. The fraction of sp³-hybridized carbons (Fsp3) is 0.211. The molecule has 2 aliphatic rings. The van der Waals surface area contributed by atoms with E-state index in [1.807, 2.05) is 0 Å². The summed E-state index contributed by atoms with van der Waals surface area (Å²) in [6.45, 7) is 0.199. The van der Waals surface area contributed by atoms with E-state index in [9.17, 15) is 26.9 Å². The van der Waals surface area contributed by atoms with Gasteiger partial charge in [0.25, 0.3) is 10.0 Å². The summed E-state index contributed by atoms with van der Waals surface area (Å²) >= 11 is 1.10. The number of nitriles is 1. The number of hydrogen-bond donors (Lipinski definition) is 2. The van der Waals surface area contributed by atoms with Gasteiger partial charge in [-0.25, -0.2) is 8.42 Å². The molecule has 8 nitrogen and oxygen atoms in total. The number of sulfonamides is 1. The Balaban J connectivity index is 1.58. The number of nitrogens with one attached hydrogen (secondary N) is 2. The lowest BCUT2D eigenvalue weighted by Crippen LogP contribution is -2.41. The van der Waals surface area contributed by atoms with Gasteiger partial charge in [0.2, 0.25) is 0 Å². The topological polar surface area (TPSA) is 104 Å². The Morgan fingerprint density at radius 2 is 2.09 bits per heavy atom. The second kappa shape index (κ2) is 8.55. The van der Waals surface area contributed by atoms with Crippen LogP contribution in [-0.4, -0.2) is 19.5 Å². The van der Waals surface area contributed by atoms with Crippen LogP contribution >= 0.6 is 11.9 Å². The number of ether oxygens (including phenoxy) is 2. The SMILES string of the molecule is N#Cc1cc(C(F)(F)F)ccc1O[C@@H]1CCOc2cc(S(=O)(=O)NN3NC=CS3)ccc21. The average molecular weight is 484 g/mol. The highest BCUT2D eigenvalue weighted by molar-refractivity contribution is 8.00. The number of benzene rings is 2. The molecule has 0 unspecified atom stereocenters. The van der Waals surface area contributed by atoms with Crippen molar-refractivity contribution in [2.24, 2.45) is 0 Å². The van der Waals surface area contributed by atoms with Crippen molar-refractivity contribution < 1.29 is 31.1 Å². The Hall–Kier alpha value is -2.92. The van der Waals surface area contributed by atoms with Crippen LogP contribution in [0.25, 0.3) is 0 Å². The zero-order chi connectivity index (χ0) is 22.9. The molecule has 0 radical (unpaired) electrons. The van der Waals surface area contributed by atoms with Crippen LogP contribution in [0.2, 0.25) is 0 Å². The molecule has 2 N–H and O–H groups in total. The van der Waals surface area contributed by atoms with Crippen LogP contribution in [0.3, 0.4) is 0 Å². The predicted octanol–water partition coefficient (Wildman–Crippen LogP) is 3.61. The van der Waals surface area contributed by atoms with Crippen molar-refractivity contribution in [1.29, 1.82) is 5.26 Å². The molecule has 1 atom stereocenters. The Bertz CT molecular complexity index is 1200. The van der Waals surface area contributed by atoms with Gasteiger partial charge in [0.15, 0.2) is 0 Å². The summed E-state index contributed by atoms with van der Waals surface area (Å²) in [6, 6.07) is 8.65. The number of hydrazine groups is 2. The molecule has 2 aromatic carbocycles. The molecule has 13 heteroatoms. The van der Waals surface area contributed by atoms with E-state index in [2.05, 4.69) is 10.3 Å². The van der Waals surface area contributed by atoms with Gasteiger partial charge in [-0.15, -0.1) is 4.83 Å². The summed E-state index contributed by atoms with van der Waals surface area (Å²) in [6.07, 6.45) is -3.29. The summed E-state index contributed by atoms with van der Waals surface area (Å²) in [5, 5.41) is 10.9. The van der Waals surface area contributed by atoms with E-state index in [1.54, 1.807) is 17.7 Å². The molecular weight excluding hydrogens is 469 g/mol. The van der Waals surface area contributed by atoms with Crippen molar-refractivity contribution >= 4 is 22.0 Å². The van der Waals surface area contributed by atoms with Crippen LogP contribution in [0.1, 0.15) is 29.2 Å². The molecule has 2 heterocycles. The second-order valence-corrected chi connectivity index (χ2v) is 9.20. The fourth-order valence-corrected chi connectivity index (χ4v) is 4.82. The largest absolute Gasteiger partial charge is 0.493 e. The summed E-state index contributed by atoms with van der Waals surface area (Å²) < 4.78 is 76.6. The average Bonchev–Trinajstić information content (AvgIpc) is 3.25. The van der Waals surface area contributed by atoms with Crippen molar-refractivity contribution in [3.63, 3.8) is 0 Å². The highest BCUT2D eigenvalue weighted by Gasteiger charge is 2.32. The number of halogens is 3. The smallest absolute Gasteiger partial charge is 0.416 e. The zero-order valence-corrected chi connectivity index (χ0v) is 17.7. The lowest BCUT2D eigenvalue weighted by molar-refractivity contribution is -0.137. The zero-order valence-electron chi connectivity index (χ0n) is 16.1. The molecule has 0 bridgehead atoms. The van der Waals surface area contributed by atoms with Crippen molar-refractivity contribution in [2.75, 3.05) is 6.61 Å². The maximum absolute atomic E-state index is 12.9. The number of nitrogens with zero attached hydrogens (tertiary/aromatic N) is 2. The number of rotatable bonds is 5. The molecule has 168 valence electrons. The monoisotopic (exact) mass is 484 g/mol. The van der Waals surface area contributed by atoms with Gasteiger partial charge in [-0.1, -0.05) is 10.6 Å². The summed E-state index contributed by atoms with van der Waals surface area (Å²) in [4.78, 5) is 2.30. The molecule has 0 aliphatic carbocycles. The van der Waals surface area contributed by atoms with E-state index in [1.165, 1.54) is 22.7 Å². The van der Waals surface area contributed by atoms with E-state index in [-0.39, 0.29) is 28.6 Å². The maximum Gasteiger partial charge on any atom is 0.416 e. The van der Waals surface area contributed by atoms with Gasteiger partial charge < -0.3 is 14.9 Å². The minimum Gasteiger partial charge on any atom is -0.493 e. The number of fused-ring (bicyclic) bond motifs is 1. The van der Waals surface area contributed by atoms with E-state index >= 15 is 0 Å². The molecule has 0 amide bonds. The van der Waals surface area contributed by atoms with E-state index in [0.717, 1.165) is 30.1 Å². The normalized spacial score (nSPS) is 18.4. The molecule has 32 heavy (non-hydrogen) atoms. The lowest BCUT2D eigenvalue weighted by atomic mass is 10.0. The van der Waals surface area contributed by atoms with Crippen molar-refractivity contribution in [2.45, 2.75) is 23.6 Å². The molecule has 4 rings (SSSR count). The van der Waals surface area contributed by atoms with Crippen LogP contribution in [0, 0.1) is 11.3 Å². The Labute approximate surface area is 185 Å². The Morgan fingerprint density at radius 3 is 2.78 bits per heavy atom. The van der Waals surface area contributed by atoms with Gasteiger partial charge >= 0.3 is 6.18 Å². The molecule has 0 aromatic heterocycles. The minimum atomic E-state index is -4.58. The Morgan fingerprint density at radius 1 is 1.28 bits per heavy atom. The van der Waals surface area contributed by atoms with Crippen LogP contribution < -0.4 is 19.7 Å². The van der Waals surface area contributed by atoms with Gasteiger partial charge in [-0.05, 0) is 36.2 Å². The van der Waals surface area contributed by atoms with Crippen molar-refractivity contribution in [1.82, 2.24) is 14.8 Å². The third-order valence-electron chi connectivity index (χ3n) is 4.61. The highest BCUT2D eigenvalue weighted by atomic mass is 32.2. The molecular formula is C19H15F3N4O4S2. The van der Waals surface area contributed by atoms with E-state index < -0.39 is 27.9 Å². The van der Waals surface area contributed by atoms with Crippen LogP contribution in [0.15, 0.2) is 52.9 Å². The minimum absolute atomic E-state index is 0.00125.